The summed E-state index contributed by atoms with van der Waals surface area (Å²) in [6, 6.07) is 2.87. The van der Waals surface area contributed by atoms with Gasteiger partial charge >= 0.3 is 11.7 Å². The smallest absolute Gasteiger partial charge is 0.348 e. The topological polar surface area (TPSA) is 99.8 Å². The molecule has 0 unspecified atom stereocenters. The van der Waals surface area contributed by atoms with Gasteiger partial charge < -0.3 is 14.4 Å². The molecule has 1 aromatic carbocycles. The quantitative estimate of drug-likeness (QED) is 0.390. The standard InChI is InChI=1S/C26H32FN3O6S/c1-8-36-25(33)21-15(4)20-23(32)30(16(5)22(31)28(6)14(2)3)26(34)29(24(20)37-21)12-11-17-13-18(27)9-10-19(17)35-7/h9-10,13-14,16H,8,11-12H2,1-7H3/t16-/m1/s1. The molecule has 1 atom stereocenters. The second kappa shape index (κ2) is 11.3. The maximum atomic E-state index is 14.0. The van der Waals surface area contributed by atoms with E-state index in [4.69, 9.17) is 9.47 Å². The molecule has 0 saturated carbocycles. The lowest BCUT2D eigenvalue weighted by Crippen LogP contribution is -2.47. The zero-order valence-corrected chi connectivity index (χ0v) is 22.9. The minimum atomic E-state index is -1.09. The predicted octanol–water partition coefficient (Wildman–Crippen LogP) is 3.53. The molecule has 0 fully saturated rings. The summed E-state index contributed by atoms with van der Waals surface area (Å²) in [5.74, 6) is -0.992. The highest BCUT2D eigenvalue weighted by molar-refractivity contribution is 7.20. The minimum absolute atomic E-state index is 0.0541. The number of aryl methyl sites for hydroxylation is 3. The minimum Gasteiger partial charge on any atom is -0.496 e. The van der Waals surface area contributed by atoms with E-state index in [0.717, 1.165) is 15.9 Å². The van der Waals surface area contributed by atoms with Gasteiger partial charge in [0.05, 0.1) is 19.1 Å². The molecule has 3 rings (SSSR count). The average Bonchev–Trinajstić information content (AvgIpc) is 3.20. The monoisotopic (exact) mass is 533 g/mol. The third-order valence-corrected chi connectivity index (χ3v) is 7.71. The number of thiophene rings is 1. The van der Waals surface area contributed by atoms with Crippen molar-refractivity contribution in [3.8, 4) is 5.75 Å². The van der Waals surface area contributed by atoms with Crippen LogP contribution >= 0.6 is 11.3 Å². The Morgan fingerprint density at radius 2 is 1.86 bits per heavy atom. The van der Waals surface area contributed by atoms with Gasteiger partial charge in [-0.25, -0.2) is 18.5 Å². The number of halogens is 1. The molecule has 0 radical (unpaired) electrons. The van der Waals surface area contributed by atoms with Gasteiger partial charge in [0.25, 0.3) is 5.56 Å². The number of benzene rings is 1. The van der Waals surface area contributed by atoms with Gasteiger partial charge in [0, 0.05) is 19.6 Å². The summed E-state index contributed by atoms with van der Waals surface area (Å²) in [6.45, 7) is 8.66. The zero-order valence-electron chi connectivity index (χ0n) is 22.1. The van der Waals surface area contributed by atoms with E-state index in [1.54, 1.807) is 20.9 Å². The Labute approximate surface area is 218 Å². The van der Waals surface area contributed by atoms with Gasteiger partial charge in [-0.15, -0.1) is 11.3 Å². The summed E-state index contributed by atoms with van der Waals surface area (Å²) in [5, 5.41) is 0.172. The fourth-order valence-corrected chi connectivity index (χ4v) is 5.34. The van der Waals surface area contributed by atoms with Crippen LogP contribution in [0.4, 0.5) is 4.39 Å². The van der Waals surface area contributed by atoms with Gasteiger partial charge in [-0.1, -0.05) is 0 Å². The van der Waals surface area contributed by atoms with Crippen molar-refractivity contribution >= 4 is 33.4 Å². The first-order chi connectivity index (χ1) is 17.4. The number of rotatable bonds is 9. The molecule has 0 N–H and O–H groups in total. The van der Waals surface area contributed by atoms with E-state index in [1.165, 1.54) is 41.7 Å². The van der Waals surface area contributed by atoms with E-state index >= 15 is 0 Å². The molecule has 0 aliphatic carbocycles. The fourth-order valence-electron chi connectivity index (χ4n) is 4.13. The van der Waals surface area contributed by atoms with Gasteiger partial charge in [0.15, 0.2) is 0 Å². The van der Waals surface area contributed by atoms with Crippen LogP contribution in [-0.2, 0) is 22.5 Å². The number of nitrogens with zero attached hydrogens (tertiary/aromatic N) is 3. The van der Waals surface area contributed by atoms with E-state index in [2.05, 4.69) is 0 Å². The highest BCUT2D eigenvalue weighted by Crippen LogP contribution is 2.29. The summed E-state index contributed by atoms with van der Waals surface area (Å²) in [5.41, 5.74) is -0.432. The van der Waals surface area contributed by atoms with E-state index < -0.39 is 35.0 Å². The summed E-state index contributed by atoms with van der Waals surface area (Å²) in [7, 11) is 3.07. The van der Waals surface area contributed by atoms with Crippen LogP contribution in [0.15, 0.2) is 27.8 Å². The van der Waals surface area contributed by atoms with E-state index in [-0.39, 0.29) is 35.9 Å². The number of hydrogen-bond donors (Lipinski definition) is 0. The third-order valence-electron chi connectivity index (χ3n) is 6.42. The van der Waals surface area contributed by atoms with Gasteiger partial charge in [0.2, 0.25) is 5.91 Å². The Balaban J connectivity index is 2.26. The Kier molecular flexibility index (Phi) is 8.57. The maximum Gasteiger partial charge on any atom is 0.348 e. The second-order valence-corrected chi connectivity index (χ2v) is 9.99. The molecular weight excluding hydrogens is 501 g/mol. The maximum absolute atomic E-state index is 14.0. The van der Waals surface area contributed by atoms with Gasteiger partial charge in [-0.2, -0.15) is 0 Å². The number of hydrogen-bond acceptors (Lipinski definition) is 7. The Morgan fingerprint density at radius 3 is 2.46 bits per heavy atom. The lowest BCUT2D eigenvalue weighted by molar-refractivity contribution is -0.134. The van der Waals surface area contributed by atoms with Crippen LogP contribution in [0, 0.1) is 12.7 Å². The van der Waals surface area contributed by atoms with Crippen molar-refractivity contribution in [3.05, 3.63) is 60.9 Å². The number of amides is 1. The van der Waals surface area contributed by atoms with Crippen LogP contribution in [-0.4, -0.2) is 52.7 Å². The zero-order chi connectivity index (χ0) is 27.6. The Bertz CT molecular complexity index is 1460. The predicted molar refractivity (Wildman–Crippen MR) is 140 cm³/mol. The van der Waals surface area contributed by atoms with Crippen LogP contribution in [0.5, 0.6) is 5.75 Å². The van der Waals surface area contributed by atoms with E-state index in [1.807, 2.05) is 13.8 Å². The molecule has 11 heteroatoms. The van der Waals surface area contributed by atoms with Crippen molar-refractivity contribution in [2.24, 2.45) is 0 Å². The molecule has 2 heterocycles. The SMILES string of the molecule is CCOC(=O)c1sc2c(c1C)c(=O)n([C@H](C)C(=O)N(C)C(C)C)c(=O)n2CCc1cc(F)ccc1OC. The Hall–Kier alpha value is -3.47. The molecule has 0 saturated heterocycles. The first-order valence-corrected chi connectivity index (χ1v) is 12.8. The van der Waals surface area contributed by atoms with Crippen LogP contribution in [0.3, 0.4) is 0 Å². The van der Waals surface area contributed by atoms with Gasteiger partial charge in [0.1, 0.15) is 27.3 Å². The molecule has 1 amide bonds. The summed E-state index contributed by atoms with van der Waals surface area (Å²) >= 11 is 0.990. The number of methoxy groups -OCH3 is 1. The van der Waals surface area contributed by atoms with Crippen molar-refractivity contribution < 1.29 is 23.5 Å². The molecule has 9 nitrogen and oxygen atoms in total. The van der Waals surface area contributed by atoms with Crippen LogP contribution < -0.4 is 16.0 Å². The summed E-state index contributed by atoms with van der Waals surface area (Å²) in [6.07, 6.45) is 0.202. The van der Waals surface area contributed by atoms with Crippen LogP contribution in [0.25, 0.3) is 10.2 Å². The fraction of sp³-hybridized carbons (Fsp3) is 0.462. The van der Waals surface area contributed by atoms with Crippen molar-refractivity contribution in [3.63, 3.8) is 0 Å². The van der Waals surface area contributed by atoms with Crippen molar-refractivity contribution in [1.29, 1.82) is 0 Å². The number of ether oxygens (including phenoxy) is 2. The number of aromatic nitrogens is 2. The number of carbonyl (C=O) groups excluding carboxylic acids is 2. The largest absolute Gasteiger partial charge is 0.496 e. The lowest BCUT2D eigenvalue weighted by atomic mass is 10.1. The molecule has 2 aromatic heterocycles. The lowest BCUT2D eigenvalue weighted by Gasteiger charge is -2.26. The first kappa shape index (κ1) is 28.1. The molecule has 37 heavy (non-hydrogen) atoms. The van der Waals surface area contributed by atoms with Crippen molar-refractivity contribution in [1.82, 2.24) is 14.0 Å². The van der Waals surface area contributed by atoms with Crippen molar-refractivity contribution in [2.75, 3.05) is 20.8 Å². The molecule has 0 spiro atoms. The number of likely N-dealkylation sites (N-methyl/N-ethyl adjacent to an activating group) is 1. The Morgan fingerprint density at radius 1 is 1.19 bits per heavy atom. The van der Waals surface area contributed by atoms with E-state index in [0.29, 0.717) is 21.7 Å². The number of fused-ring (bicyclic) bond motifs is 1. The van der Waals surface area contributed by atoms with Crippen LogP contribution in [0.1, 0.15) is 54.5 Å². The first-order valence-electron chi connectivity index (χ1n) is 12.0. The number of esters is 1. The average molecular weight is 534 g/mol. The summed E-state index contributed by atoms with van der Waals surface area (Å²) < 4.78 is 26.7. The highest BCUT2D eigenvalue weighted by atomic mass is 32.1. The molecule has 200 valence electrons. The van der Waals surface area contributed by atoms with Gasteiger partial charge in [-0.3, -0.25) is 14.2 Å². The second-order valence-electron chi connectivity index (χ2n) is 8.99. The number of carbonyl (C=O) groups is 2. The molecule has 3 aromatic rings. The highest BCUT2D eigenvalue weighted by Gasteiger charge is 2.29. The molecule has 0 bridgehead atoms. The van der Waals surface area contributed by atoms with Crippen LogP contribution in [0.2, 0.25) is 0 Å². The van der Waals surface area contributed by atoms with Gasteiger partial charge in [-0.05, 0) is 70.4 Å². The van der Waals surface area contributed by atoms with E-state index in [9.17, 15) is 23.6 Å². The summed E-state index contributed by atoms with van der Waals surface area (Å²) in [4.78, 5) is 55.1. The normalized spacial score (nSPS) is 12.1. The molecule has 0 aliphatic heterocycles. The molecular formula is C26H32FN3O6S. The third kappa shape index (κ3) is 5.31. The molecule has 0 aliphatic rings. The van der Waals surface area contributed by atoms with Crippen molar-refractivity contribution in [2.45, 2.75) is 59.7 Å².